The summed E-state index contributed by atoms with van der Waals surface area (Å²) in [6, 6.07) is 10.5. The molecule has 2 amide bonds. The van der Waals surface area contributed by atoms with Crippen LogP contribution in [-0.2, 0) is 13.0 Å². The highest BCUT2D eigenvalue weighted by Gasteiger charge is 2.33. The van der Waals surface area contributed by atoms with Crippen LogP contribution in [0.5, 0.6) is 11.5 Å². The third-order valence-corrected chi connectivity index (χ3v) is 5.53. The Kier molecular flexibility index (Phi) is 7.05. The average Bonchev–Trinajstić information content (AvgIpc) is 2.72. The van der Waals surface area contributed by atoms with Gasteiger partial charge in [-0.15, -0.1) is 0 Å². The van der Waals surface area contributed by atoms with Crippen LogP contribution in [0.1, 0.15) is 43.5 Å². The number of methoxy groups -OCH3 is 2. The Balaban J connectivity index is 1.88. The number of carbonyl (C=O) groups excluding carboxylic acids is 1. The van der Waals surface area contributed by atoms with Gasteiger partial charge in [-0.3, -0.25) is 0 Å². The molecule has 7 heteroatoms. The van der Waals surface area contributed by atoms with Crippen molar-refractivity contribution in [1.29, 1.82) is 0 Å². The van der Waals surface area contributed by atoms with Gasteiger partial charge in [0.05, 0.1) is 27.3 Å². The number of rotatable bonds is 6. The van der Waals surface area contributed by atoms with E-state index in [1.54, 1.807) is 14.2 Å². The van der Waals surface area contributed by atoms with Crippen LogP contribution < -0.4 is 25.0 Å². The predicted octanol–water partition coefficient (Wildman–Crippen LogP) is 2.62. The number of ether oxygens (including phenoxy) is 2. The molecule has 0 fully saturated rings. The zero-order valence-corrected chi connectivity index (χ0v) is 19.0. The zero-order chi connectivity index (χ0) is 22.6. The van der Waals surface area contributed by atoms with Crippen molar-refractivity contribution < 1.29 is 23.6 Å². The molecule has 0 saturated carbocycles. The lowest BCUT2D eigenvalue weighted by Crippen LogP contribution is -3.12. The topological polar surface area (TPSA) is 64.0 Å². The van der Waals surface area contributed by atoms with Gasteiger partial charge in [0.1, 0.15) is 18.4 Å². The Morgan fingerprint density at radius 1 is 1.13 bits per heavy atom. The summed E-state index contributed by atoms with van der Waals surface area (Å²) < 4.78 is 24.4. The SMILES string of the molecule is COc1cc2c(cc1OC)[C@H](CNC(=O)NC(C)(C)C)[NH+](Cc1ccc(F)cc1)CC2. The number of quaternary nitrogens is 1. The second kappa shape index (κ2) is 9.56. The number of carbonyl (C=O) groups is 1. The van der Waals surface area contributed by atoms with Gasteiger partial charge in [0.15, 0.2) is 11.5 Å². The molecule has 2 aromatic rings. The summed E-state index contributed by atoms with van der Waals surface area (Å²) in [6.45, 7) is 7.96. The van der Waals surface area contributed by atoms with Crippen molar-refractivity contribution in [1.82, 2.24) is 10.6 Å². The van der Waals surface area contributed by atoms with E-state index in [-0.39, 0.29) is 23.4 Å². The maximum absolute atomic E-state index is 13.4. The van der Waals surface area contributed by atoms with Crippen molar-refractivity contribution in [2.75, 3.05) is 27.3 Å². The van der Waals surface area contributed by atoms with Crippen LogP contribution in [0.3, 0.4) is 0 Å². The zero-order valence-electron chi connectivity index (χ0n) is 19.0. The number of halogens is 1. The standard InChI is InChI=1S/C24H32FN3O3/c1-24(2,3)27-23(29)26-14-20-19-13-22(31-5)21(30-4)12-17(19)10-11-28(20)15-16-6-8-18(25)9-7-16/h6-9,12-13,20H,10-11,14-15H2,1-5H3,(H2,26,27,29)/p+1/t20-/m0/s1. The van der Waals surface area contributed by atoms with Crippen LogP contribution in [0.4, 0.5) is 9.18 Å². The molecule has 1 aliphatic heterocycles. The Hall–Kier alpha value is -2.80. The number of hydrogen-bond acceptors (Lipinski definition) is 3. The van der Waals surface area contributed by atoms with Crippen LogP contribution in [0.15, 0.2) is 36.4 Å². The first-order chi connectivity index (χ1) is 14.7. The molecule has 6 nitrogen and oxygen atoms in total. The minimum atomic E-state index is -0.314. The molecule has 0 bridgehead atoms. The maximum Gasteiger partial charge on any atom is 0.315 e. The van der Waals surface area contributed by atoms with Gasteiger partial charge in [0, 0.05) is 23.1 Å². The van der Waals surface area contributed by atoms with Crippen molar-refractivity contribution in [2.24, 2.45) is 0 Å². The van der Waals surface area contributed by atoms with Gasteiger partial charge in [0.25, 0.3) is 0 Å². The Labute approximate surface area is 183 Å². The Bertz CT molecular complexity index is 910. The van der Waals surface area contributed by atoms with Crippen molar-refractivity contribution in [3.8, 4) is 11.5 Å². The number of benzene rings is 2. The molecule has 168 valence electrons. The highest BCUT2D eigenvalue weighted by Crippen LogP contribution is 2.34. The molecule has 1 aliphatic rings. The summed E-state index contributed by atoms with van der Waals surface area (Å²) in [7, 11) is 3.26. The summed E-state index contributed by atoms with van der Waals surface area (Å²) in [6.07, 6.45) is 0.886. The quantitative estimate of drug-likeness (QED) is 0.660. The van der Waals surface area contributed by atoms with Gasteiger partial charge >= 0.3 is 6.03 Å². The number of nitrogens with one attached hydrogen (secondary N) is 3. The first kappa shape index (κ1) is 22.9. The van der Waals surface area contributed by atoms with E-state index in [1.807, 2.05) is 45.0 Å². The van der Waals surface area contributed by atoms with Crippen LogP contribution in [0, 0.1) is 5.82 Å². The first-order valence-electron chi connectivity index (χ1n) is 10.6. The Morgan fingerprint density at radius 3 is 2.39 bits per heavy atom. The number of hydrogen-bond donors (Lipinski definition) is 3. The highest BCUT2D eigenvalue weighted by atomic mass is 19.1. The van der Waals surface area contributed by atoms with E-state index < -0.39 is 0 Å². The minimum absolute atomic E-state index is 0.0272. The fourth-order valence-corrected chi connectivity index (χ4v) is 4.08. The molecule has 3 rings (SSSR count). The molecule has 0 aromatic heterocycles. The molecule has 3 N–H and O–H groups in total. The van der Waals surface area contributed by atoms with E-state index in [0.717, 1.165) is 30.6 Å². The normalized spacial score (nSPS) is 18.1. The maximum atomic E-state index is 13.4. The molecule has 2 aromatic carbocycles. The summed E-state index contributed by atoms with van der Waals surface area (Å²) >= 11 is 0. The van der Waals surface area contributed by atoms with E-state index in [0.29, 0.717) is 18.0 Å². The average molecular weight is 431 g/mol. The van der Waals surface area contributed by atoms with E-state index in [2.05, 4.69) is 10.6 Å². The smallest absolute Gasteiger partial charge is 0.315 e. The van der Waals surface area contributed by atoms with Crippen molar-refractivity contribution in [2.45, 2.75) is 45.3 Å². The fourth-order valence-electron chi connectivity index (χ4n) is 4.08. The second-order valence-corrected chi connectivity index (χ2v) is 9.01. The molecule has 0 aliphatic carbocycles. The molecule has 2 atom stereocenters. The van der Waals surface area contributed by atoms with Gasteiger partial charge in [-0.05, 0) is 50.6 Å². The number of fused-ring (bicyclic) bond motifs is 1. The van der Waals surface area contributed by atoms with Crippen LogP contribution in [0.25, 0.3) is 0 Å². The lowest BCUT2D eigenvalue weighted by molar-refractivity contribution is -0.945. The highest BCUT2D eigenvalue weighted by molar-refractivity contribution is 5.74. The first-order valence-corrected chi connectivity index (χ1v) is 10.6. The van der Waals surface area contributed by atoms with Crippen molar-refractivity contribution in [3.05, 3.63) is 58.9 Å². The molecule has 0 spiro atoms. The summed E-state index contributed by atoms with van der Waals surface area (Å²) in [5, 5.41) is 5.99. The van der Waals surface area contributed by atoms with Gasteiger partial charge in [0.2, 0.25) is 0 Å². The van der Waals surface area contributed by atoms with Crippen LogP contribution in [-0.4, -0.2) is 38.9 Å². The molecule has 0 saturated heterocycles. The van der Waals surface area contributed by atoms with Gasteiger partial charge in [-0.1, -0.05) is 12.1 Å². The van der Waals surface area contributed by atoms with E-state index >= 15 is 0 Å². The third kappa shape index (κ3) is 5.88. The van der Waals surface area contributed by atoms with Gasteiger partial charge in [-0.25, -0.2) is 9.18 Å². The van der Waals surface area contributed by atoms with Crippen LogP contribution in [0.2, 0.25) is 0 Å². The van der Waals surface area contributed by atoms with Crippen molar-refractivity contribution >= 4 is 6.03 Å². The molecule has 0 radical (unpaired) electrons. The fraction of sp³-hybridized carbons (Fsp3) is 0.458. The molecular formula is C24H33FN3O3+. The lowest BCUT2D eigenvalue weighted by Gasteiger charge is -2.35. The summed E-state index contributed by atoms with van der Waals surface area (Å²) in [4.78, 5) is 13.7. The molecule has 1 heterocycles. The van der Waals surface area contributed by atoms with Gasteiger partial charge < -0.3 is 25.0 Å². The van der Waals surface area contributed by atoms with E-state index in [9.17, 15) is 9.18 Å². The minimum Gasteiger partial charge on any atom is -0.493 e. The third-order valence-electron chi connectivity index (χ3n) is 5.53. The summed E-state index contributed by atoms with van der Waals surface area (Å²) in [5.74, 6) is 1.14. The second-order valence-electron chi connectivity index (χ2n) is 9.01. The number of amides is 2. The predicted molar refractivity (Wildman–Crippen MR) is 118 cm³/mol. The molecule has 31 heavy (non-hydrogen) atoms. The van der Waals surface area contributed by atoms with Gasteiger partial charge in [-0.2, -0.15) is 0 Å². The lowest BCUT2D eigenvalue weighted by atomic mass is 9.91. The molecular weight excluding hydrogens is 397 g/mol. The molecule has 1 unspecified atom stereocenters. The summed E-state index contributed by atoms with van der Waals surface area (Å²) in [5.41, 5.74) is 3.08. The van der Waals surface area contributed by atoms with Crippen molar-refractivity contribution in [3.63, 3.8) is 0 Å². The monoisotopic (exact) mass is 430 g/mol. The van der Waals surface area contributed by atoms with Crippen LogP contribution >= 0.6 is 0 Å². The Morgan fingerprint density at radius 2 is 1.77 bits per heavy atom. The van der Waals surface area contributed by atoms with E-state index in [4.69, 9.17) is 9.47 Å². The number of urea groups is 1. The van der Waals surface area contributed by atoms with E-state index in [1.165, 1.54) is 22.6 Å². The largest absolute Gasteiger partial charge is 0.493 e.